The largest absolute Gasteiger partial charge is 0.393 e. The number of aromatic nitrogens is 2. The number of nitrogens with one attached hydrogen (secondary N) is 1. The van der Waals surface area contributed by atoms with Gasteiger partial charge >= 0.3 is 0 Å². The zero-order valence-corrected chi connectivity index (χ0v) is 13.4. The van der Waals surface area contributed by atoms with Crippen LogP contribution in [-0.4, -0.2) is 27.5 Å². The summed E-state index contributed by atoms with van der Waals surface area (Å²) in [6.45, 7) is 3.80. The van der Waals surface area contributed by atoms with Crippen molar-refractivity contribution in [2.24, 2.45) is 13.0 Å². The van der Waals surface area contributed by atoms with Gasteiger partial charge in [0, 0.05) is 20.1 Å². The number of rotatable bonds is 5. The highest BCUT2D eigenvalue weighted by molar-refractivity contribution is 9.10. The fourth-order valence-corrected chi connectivity index (χ4v) is 3.57. The Kier molecular flexibility index (Phi) is 5.42. The number of aliphatic hydroxyl groups excluding tert-OH is 1. The van der Waals surface area contributed by atoms with Crippen LogP contribution in [0.4, 0.5) is 0 Å². The molecule has 0 radical (unpaired) electrons. The summed E-state index contributed by atoms with van der Waals surface area (Å²) in [4.78, 5) is 0. The first-order valence-corrected chi connectivity index (χ1v) is 8.01. The van der Waals surface area contributed by atoms with Gasteiger partial charge in [0.2, 0.25) is 0 Å². The Labute approximate surface area is 123 Å². The molecule has 2 N–H and O–H groups in total. The van der Waals surface area contributed by atoms with Crippen molar-refractivity contribution in [3.8, 4) is 0 Å². The smallest absolute Gasteiger partial charge is 0.0767 e. The van der Waals surface area contributed by atoms with Gasteiger partial charge in [0.05, 0.1) is 22.0 Å². The van der Waals surface area contributed by atoms with Crippen LogP contribution in [-0.2, 0) is 20.0 Å². The van der Waals surface area contributed by atoms with Gasteiger partial charge in [-0.05, 0) is 41.1 Å². The summed E-state index contributed by atoms with van der Waals surface area (Å²) in [5.74, 6) is 0.409. The van der Waals surface area contributed by atoms with Crippen molar-refractivity contribution in [1.29, 1.82) is 0 Å². The van der Waals surface area contributed by atoms with Gasteiger partial charge in [0.15, 0.2) is 0 Å². The zero-order valence-electron chi connectivity index (χ0n) is 11.8. The van der Waals surface area contributed by atoms with Gasteiger partial charge in [-0.3, -0.25) is 4.68 Å². The van der Waals surface area contributed by atoms with Crippen molar-refractivity contribution in [3.05, 3.63) is 15.9 Å². The molecule has 4 nitrogen and oxygen atoms in total. The Hall–Kier alpha value is -0.390. The van der Waals surface area contributed by atoms with Crippen LogP contribution in [0.5, 0.6) is 0 Å². The van der Waals surface area contributed by atoms with Gasteiger partial charge in [-0.25, -0.2) is 0 Å². The van der Waals surface area contributed by atoms with Gasteiger partial charge in [0.25, 0.3) is 0 Å². The average molecular weight is 330 g/mol. The van der Waals surface area contributed by atoms with E-state index < -0.39 is 0 Å². The summed E-state index contributed by atoms with van der Waals surface area (Å²) in [6.07, 6.45) is 5.34. The number of hydrogen-bond acceptors (Lipinski definition) is 3. The molecule has 19 heavy (non-hydrogen) atoms. The monoisotopic (exact) mass is 329 g/mol. The quantitative estimate of drug-likeness (QED) is 0.872. The number of halogens is 1. The van der Waals surface area contributed by atoms with Crippen molar-refractivity contribution in [1.82, 2.24) is 15.1 Å². The van der Waals surface area contributed by atoms with E-state index in [1.54, 1.807) is 0 Å². The first kappa shape index (κ1) is 15.0. The maximum absolute atomic E-state index is 9.95. The average Bonchev–Trinajstić information content (AvgIpc) is 2.68. The summed E-state index contributed by atoms with van der Waals surface area (Å²) in [5, 5.41) is 17.9. The van der Waals surface area contributed by atoms with Crippen LogP contribution in [0.3, 0.4) is 0 Å². The van der Waals surface area contributed by atoms with E-state index in [9.17, 15) is 5.11 Å². The van der Waals surface area contributed by atoms with E-state index in [2.05, 4.69) is 33.3 Å². The molecule has 5 heteroatoms. The molecule has 2 atom stereocenters. The second kappa shape index (κ2) is 6.86. The lowest BCUT2D eigenvalue weighted by atomic mass is 9.86. The van der Waals surface area contributed by atoms with Crippen LogP contribution >= 0.6 is 15.9 Å². The van der Waals surface area contributed by atoms with Gasteiger partial charge in [-0.15, -0.1) is 0 Å². The van der Waals surface area contributed by atoms with Gasteiger partial charge < -0.3 is 10.4 Å². The van der Waals surface area contributed by atoms with E-state index in [0.717, 1.165) is 42.5 Å². The normalized spacial score (nSPS) is 23.8. The Morgan fingerprint density at radius 1 is 1.42 bits per heavy atom. The Morgan fingerprint density at radius 3 is 2.79 bits per heavy atom. The minimum absolute atomic E-state index is 0.123. The predicted octanol–water partition coefficient (Wildman–Crippen LogP) is 2.39. The summed E-state index contributed by atoms with van der Waals surface area (Å²) in [7, 11) is 1.98. The third-order valence-corrected chi connectivity index (χ3v) is 4.99. The van der Waals surface area contributed by atoms with E-state index in [4.69, 9.17) is 0 Å². The van der Waals surface area contributed by atoms with Gasteiger partial charge in [-0.2, -0.15) is 5.10 Å². The van der Waals surface area contributed by atoms with E-state index in [1.165, 1.54) is 18.5 Å². The molecule has 0 spiro atoms. The van der Waals surface area contributed by atoms with Crippen molar-refractivity contribution >= 4 is 15.9 Å². The molecular formula is C14H24BrN3O. The lowest BCUT2D eigenvalue weighted by Crippen LogP contribution is -2.33. The van der Waals surface area contributed by atoms with Crippen molar-refractivity contribution < 1.29 is 5.11 Å². The van der Waals surface area contributed by atoms with E-state index in [1.807, 2.05) is 11.7 Å². The lowest BCUT2D eigenvalue weighted by molar-refractivity contribution is 0.0694. The fraction of sp³-hybridized carbons (Fsp3) is 0.786. The number of nitrogens with zero attached hydrogens (tertiary/aromatic N) is 2. The third kappa shape index (κ3) is 3.58. The van der Waals surface area contributed by atoms with Crippen molar-refractivity contribution in [2.75, 3.05) is 6.54 Å². The minimum Gasteiger partial charge on any atom is -0.393 e. The zero-order chi connectivity index (χ0) is 13.8. The van der Waals surface area contributed by atoms with Crippen LogP contribution in [0, 0.1) is 5.92 Å². The first-order valence-electron chi connectivity index (χ1n) is 7.22. The minimum atomic E-state index is -0.123. The summed E-state index contributed by atoms with van der Waals surface area (Å²) in [6, 6.07) is 0. The molecule has 0 aromatic carbocycles. The number of aliphatic hydroxyl groups is 1. The highest BCUT2D eigenvalue weighted by atomic mass is 79.9. The van der Waals surface area contributed by atoms with E-state index >= 15 is 0 Å². The molecule has 0 amide bonds. The van der Waals surface area contributed by atoms with Crippen LogP contribution in [0.2, 0.25) is 0 Å². The molecule has 2 unspecified atom stereocenters. The summed E-state index contributed by atoms with van der Waals surface area (Å²) < 4.78 is 3.06. The molecule has 0 saturated heterocycles. The van der Waals surface area contributed by atoms with E-state index in [-0.39, 0.29) is 6.10 Å². The number of aryl methyl sites for hydroxylation is 2. The Bertz CT molecular complexity index is 419. The summed E-state index contributed by atoms with van der Waals surface area (Å²) in [5.41, 5.74) is 2.29. The van der Waals surface area contributed by atoms with Crippen LogP contribution < -0.4 is 5.32 Å². The van der Waals surface area contributed by atoms with Gasteiger partial charge in [0.1, 0.15) is 0 Å². The van der Waals surface area contributed by atoms with Crippen molar-refractivity contribution in [3.63, 3.8) is 0 Å². The number of hydrogen-bond donors (Lipinski definition) is 2. The highest BCUT2D eigenvalue weighted by Gasteiger charge is 2.22. The molecule has 2 rings (SSSR count). The third-order valence-electron chi connectivity index (χ3n) is 4.07. The lowest BCUT2D eigenvalue weighted by Gasteiger charge is -2.27. The maximum Gasteiger partial charge on any atom is 0.0767 e. The van der Waals surface area contributed by atoms with Crippen LogP contribution in [0.25, 0.3) is 0 Å². The second-order valence-electron chi connectivity index (χ2n) is 5.43. The highest BCUT2D eigenvalue weighted by Crippen LogP contribution is 2.24. The molecule has 1 fully saturated rings. The molecule has 1 heterocycles. The van der Waals surface area contributed by atoms with Crippen molar-refractivity contribution in [2.45, 2.75) is 51.7 Å². The summed E-state index contributed by atoms with van der Waals surface area (Å²) >= 11 is 3.63. The van der Waals surface area contributed by atoms with Crippen LogP contribution in [0.1, 0.15) is 44.0 Å². The molecule has 1 aromatic heterocycles. The molecule has 1 aliphatic rings. The molecule has 1 saturated carbocycles. The van der Waals surface area contributed by atoms with E-state index in [0.29, 0.717) is 5.92 Å². The Morgan fingerprint density at radius 2 is 2.16 bits per heavy atom. The predicted molar refractivity (Wildman–Crippen MR) is 80.0 cm³/mol. The molecule has 1 aliphatic carbocycles. The standard InChI is InChI=1S/C14H24BrN3O/c1-3-11-14(15)12(18(2)17-11)9-16-8-10-6-4-5-7-13(10)19/h10,13,16,19H,3-9H2,1-2H3. The maximum atomic E-state index is 9.95. The van der Waals surface area contributed by atoms with Gasteiger partial charge in [-0.1, -0.05) is 19.8 Å². The molecule has 1 aromatic rings. The Balaban J connectivity index is 1.87. The first-order chi connectivity index (χ1) is 9.13. The molecule has 0 aliphatic heterocycles. The molecular weight excluding hydrogens is 306 g/mol. The molecule has 0 bridgehead atoms. The molecule has 108 valence electrons. The second-order valence-corrected chi connectivity index (χ2v) is 6.22. The van der Waals surface area contributed by atoms with Crippen LogP contribution in [0.15, 0.2) is 4.47 Å². The fourth-order valence-electron chi connectivity index (χ4n) is 2.81. The topological polar surface area (TPSA) is 50.1 Å². The SMILES string of the molecule is CCc1nn(C)c(CNCC2CCCCC2O)c1Br.